The van der Waals surface area contributed by atoms with Gasteiger partial charge in [0.15, 0.2) is 0 Å². The van der Waals surface area contributed by atoms with Crippen molar-refractivity contribution in [1.82, 2.24) is 15.0 Å². The topological polar surface area (TPSA) is 106 Å². The Morgan fingerprint density at radius 3 is 2.71 bits per heavy atom. The predicted octanol–water partition coefficient (Wildman–Crippen LogP) is 2.02. The minimum Gasteiger partial charge on any atom is -0.399 e. The molecule has 0 amide bonds. The van der Waals surface area contributed by atoms with Gasteiger partial charge in [0.2, 0.25) is 17.8 Å². The molecule has 0 saturated carbocycles. The summed E-state index contributed by atoms with van der Waals surface area (Å²) in [7, 11) is 1.94. The molecule has 112 valence electrons. The van der Waals surface area contributed by atoms with Crippen molar-refractivity contribution < 1.29 is 0 Å². The summed E-state index contributed by atoms with van der Waals surface area (Å²) in [5.41, 5.74) is 13.0. The minimum absolute atomic E-state index is 0.190. The van der Waals surface area contributed by atoms with E-state index in [1.807, 2.05) is 30.1 Å². The Morgan fingerprint density at radius 2 is 2.00 bits per heavy atom. The Hall–Kier alpha value is -2.57. The van der Waals surface area contributed by atoms with Crippen LogP contribution in [0.25, 0.3) is 0 Å². The van der Waals surface area contributed by atoms with Gasteiger partial charge in [-0.25, -0.2) is 0 Å². The number of hydrogen-bond donors (Lipinski definition) is 3. The maximum absolute atomic E-state index is 5.76. The third-order valence-electron chi connectivity index (χ3n) is 2.97. The Kier molecular flexibility index (Phi) is 4.76. The number of benzene rings is 1. The van der Waals surface area contributed by atoms with E-state index >= 15 is 0 Å². The Morgan fingerprint density at radius 1 is 1.19 bits per heavy atom. The minimum atomic E-state index is 0.190. The predicted molar refractivity (Wildman–Crippen MR) is 86.6 cm³/mol. The molecule has 7 heteroatoms. The SMILES string of the molecule is CCCCN(C)c1nc(N)nc(Nc2cccc(N)c2)n1. The second kappa shape index (κ2) is 6.74. The van der Waals surface area contributed by atoms with Crippen LogP contribution in [0, 0.1) is 0 Å². The fourth-order valence-electron chi connectivity index (χ4n) is 1.85. The first kappa shape index (κ1) is 14.8. The molecule has 0 atom stereocenters. The molecule has 1 heterocycles. The standard InChI is InChI=1S/C14H21N7/c1-3-4-8-21(2)14-19-12(16)18-13(20-14)17-11-7-5-6-10(15)9-11/h5-7,9H,3-4,8,15H2,1-2H3,(H3,16,17,18,19,20). The van der Waals surface area contributed by atoms with E-state index in [4.69, 9.17) is 11.5 Å². The molecule has 2 rings (SSSR count). The van der Waals surface area contributed by atoms with Gasteiger partial charge in [-0.3, -0.25) is 0 Å². The van der Waals surface area contributed by atoms with Crippen LogP contribution in [0.3, 0.4) is 0 Å². The molecule has 0 bridgehead atoms. The van der Waals surface area contributed by atoms with E-state index in [0.29, 0.717) is 17.6 Å². The molecule has 0 aliphatic carbocycles. The summed E-state index contributed by atoms with van der Waals surface area (Å²) in [6.45, 7) is 3.01. The van der Waals surface area contributed by atoms with Gasteiger partial charge < -0.3 is 21.7 Å². The van der Waals surface area contributed by atoms with E-state index in [-0.39, 0.29) is 5.95 Å². The number of rotatable bonds is 6. The molecule has 0 saturated heterocycles. The zero-order valence-corrected chi connectivity index (χ0v) is 12.4. The second-order valence-electron chi connectivity index (χ2n) is 4.84. The van der Waals surface area contributed by atoms with E-state index in [9.17, 15) is 0 Å². The Labute approximate surface area is 124 Å². The number of hydrogen-bond acceptors (Lipinski definition) is 7. The molecular weight excluding hydrogens is 266 g/mol. The largest absolute Gasteiger partial charge is 0.399 e. The lowest BCUT2D eigenvalue weighted by Gasteiger charge is -2.17. The van der Waals surface area contributed by atoms with Crippen molar-refractivity contribution in [2.75, 3.05) is 35.3 Å². The van der Waals surface area contributed by atoms with Gasteiger partial charge >= 0.3 is 0 Å². The van der Waals surface area contributed by atoms with Gasteiger partial charge in [-0.2, -0.15) is 15.0 Å². The van der Waals surface area contributed by atoms with Gasteiger partial charge in [-0.05, 0) is 24.6 Å². The zero-order valence-electron chi connectivity index (χ0n) is 12.4. The van der Waals surface area contributed by atoms with Crippen molar-refractivity contribution in [2.24, 2.45) is 0 Å². The lowest BCUT2D eigenvalue weighted by molar-refractivity contribution is 0.748. The molecule has 2 aromatic rings. The zero-order chi connectivity index (χ0) is 15.2. The molecule has 0 radical (unpaired) electrons. The number of nitrogens with two attached hydrogens (primary N) is 2. The third-order valence-corrected chi connectivity index (χ3v) is 2.97. The van der Waals surface area contributed by atoms with Crippen molar-refractivity contribution in [1.29, 1.82) is 0 Å². The monoisotopic (exact) mass is 287 g/mol. The average molecular weight is 287 g/mol. The molecule has 0 aliphatic heterocycles. The van der Waals surface area contributed by atoms with E-state index in [0.717, 1.165) is 25.1 Å². The van der Waals surface area contributed by atoms with Crippen molar-refractivity contribution in [2.45, 2.75) is 19.8 Å². The highest BCUT2D eigenvalue weighted by atomic mass is 15.3. The van der Waals surface area contributed by atoms with Crippen LogP contribution in [0.15, 0.2) is 24.3 Å². The quantitative estimate of drug-likeness (QED) is 0.698. The average Bonchev–Trinajstić information content (AvgIpc) is 2.44. The van der Waals surface area contributed by atoms with E-state index in [2.05, 4.69) is 27.2 Å². The first-order chi connectivity index (χ1) is 10.1. The molecular formula is C14H21N7. The summed E-state index contributed by atoms with van der Waals surface area (Å²) < 4.78 is 0. The van der Waals surface area contributed by atoms with Crippen LogP contribution in [-0.4, -0.2) is 28.5 Å². The molecule has 0 unspecified atom stereocenters. The summed E-state index contributed by atoms with van der Waals surface area (Å²) in [6.07, 6.45) is 2.18. The van der Waals surface area contributed by atoms with Crippen molar-refractivity contribution in [3.63, 3.8) is 0 Å². The lowest BCUT2D eigenvalue weighted by atomic mass is 10.3. The first-order valence-electron chi connectivity index (χ1n) is 6.93. The molecule has 0 aliphatic rings. The van der Waals surface area contributed by atoms with Gasteiger partial charge in [0.25, 0.3) is 0 Å². The summed E-state index contributed by atoms with van der Waals surface area (Å²) in [6, 6.07) is 7.37. The third kappa shape index (κ3) is 4.20. The summed E-state index contributed by atoms with van der Waals surface area (Å²) >= 11 is 0. The van der Waals surface area contributed by atoms with Crippen LogP contribution in [0.5, 0.6) is 0 Å². The molecule has 5 N–H and O–H groups in total. The second-order valence-corrected chi connectivity index (χ2v) is 4.84. The van der Waals surface area contributed by atoms with Gasteiger partial charge in [-0.1, -0.05) is 19.4 Å². The highest BCUT2D eigenvalue weighted by Crippen LogP contribution is 2.18. The van der Waals surface area contributed by atoms with Crippen molar-refractivity contribution in [3.05, 3.63) is 24.3 Å². The van der Waals surface area contributed by atoms with E-state index in [1.165, 1.54) is 0 Å². The maximum atomic E-state index is 5.76. The maximum Gasteiger partial charge on any atom is 0.233 e. The van der Waals surface area contributed by atoms with Gasteiger partial charge in [0, 0.05) is 25.0 Å². The van der Waals surface area contributed by atoms with Crippen LogP contribution in [0.1, 0.15) is 19.8 Å². The molecule has 7 nitrogen and oxygen atoms in total. The number of unbranched alkanes of at least 4 members (excludes halogenated alkanes) is 1. The van der Waals surface area contributed by atoms with Crippen LogP contribution >= 0.6 is 0 Å². The van der Waals surface area contributed by atoms with Crippen molar-refractivity contribution >= 4 is 29.2 Å². The van der Waals surface area contributed by atoms with Gasteiger partial charge in [0.05, 0.1) is 0 Å². The highest BCUT2D eigenvalue weighted by molar-refractivity contribution is 5.60. The van der Waals surface area contributed by atoms with E-state index in [1.54, 1.807) is 6.07 Å². The summed E-state index contributed by atoms with van der Waals surface area (Å²) in [4.78, 5) is 14.6. The van der Waals surface area contributed by atoms with Gasteiger partial charge in [-0.15, -0.1) is 0 Å². The molecule has 0 spiro atoms. The van der Waals surface area contributed by atoms with E-state index < -0.39 is 0 Å². The lowest BCUT2D eigenvalue weighted by Crippen LogP contribution is -2.22. The van der Waals surface area contributed by atoms with Crippen LogP contribution in [0.2, 0.25) is 0 Å². The van der Waals surface area contributed by atoms with Crippen LogP contribution < -0.4 is 21.7 Å². The summed E-state index contributed by atoms with van der Waals surface area (Å²) in [5, 5.41) is 3.09. The first-order valence-corrected chi connectivity index (χ1v) is 6.93. The Bertz CT molecular complexity index is 600. The summed E-state index contributed by atoms with van der Waals surface area (Å²) in [5.74, 6) is 1.16. The van der Waals surface area contributed by atoms with Crippen LogP contribution in [-0.2, 0) is 0 Å². The Balaban J connectivity index is 2.18. The van der Waals surface area contributed by atoms with Crippen LogP contribution in [0.4, 0.5) is 29.2 Å². The fourth-order valence-corrected chi connectivity index (χ4v) is 1.85. The molecule has 1 aromatic heterocycles. The molecule has 1 aromatic carbocycles. The smallest absolute Gasteiger partial charge is 0.233 e. The number of nitrogens with zero attached hydrogens (tertiary/aromatic N) is 4. The molecule has 0 fully saturated rings. The number of nitrogen functional groups attached to an aromatic ring is 2. The highest BCUT2D eigenvalue weighted by Gasteiger charge is 2.09. The number of aromatic nitrogens is 3. The molecule has 21 heavy (non-hydrogen) atoms. The number of nitrogens with one attached hydrogen (secondary N) is 1. The fraction of sp³-hybridized carbons (Fsp3) is 0.357. The normalized spacial score (nSPS) is 10.4. The van der Waals surface area contributed by atoms with Crippen molar-refractivity contribution in [3.8, 4) is 0 Å². The van der Waals surface area contributed by atoms with Gasteiger partial charge in [0.1, 0.15) is 0 Å². The number of anilines is 5.